The number of ether oxygens (including phenoxy) is 2. The Morgan fingerprint density at radius 3 is 2.46 bits per heavy atom. The lowest BCUT2D eigenvalue weighted by molar-refractivity contribution is -0.142. The standard InChI is InChI=1S/C26H22F3N5O3/c27-26(28,29)23-13-20(18-6-7-21-22(12-18)37-16-36-21)31-24-19(14-30-34(23)24)25(35)33-10-8-32(9-11-33)15-17-4-2-1-3-5-17/h1-7,12-14H,8-11,15-16H2. The molecule has 0 N–H and O–H groups in total. The number of benzene rings is 2. The van der Waals surface area contributed by atoms with E-state index in [1.807, 2.05) is 18.2 Å². The Balaban J connectivity index is 1.30. The second-order valence-corrected chi connectivity index (χ2v) is 8.94. The number of fused-ring (bicyclic) bond motifs is 2. The van der Waals surface area contributed by atoms with Crippen LogP contribution in [-0.4, -0.2) is 63.3 Å². The number of halogens is 3. The second kappa shape index (κ2) is 9.07. The summed E-state index contributed by atoms with van der Waals surface area (Å²) in [5.41, 5.74) is 0.525. The monoisotopic (exact) mass is 509 g/mol. The minimum absolute atomic E-state index is 0.0320. The van der Waals surface area contributed by atoms with Gasteiger partial charge in [-0.2, -0.15) is 18.3 Å². The van der Waals surface area contributed by atoms with Gasteiger partial charge >= 0.3 is 6.18 Å². The molecule has 0 aliphatic carbocycles. The van der Waals surface area contributed by atoms with Crippen LogP contribution in [0, 0.1) is 0 Å². The summed E-state index contributed by atoms with van der Waals surface area (Å²) < 4.78 is 53.3. The Morgan fingerprint density at radius 1 is 0.946 bits per heavy atom. The summed E-state index contributed by atoms with van der Waals surface area (Å²) in [7, 11) is 0. The van der Waals surface area contributed by atoms with Crippen molar-refractivity contribution in [2.75, 3.05) is 33.0 Å². The first kappa shape index (κ1) is 23.3. The van der Waals surface area contributed by atoms with Crippen molar-refractivity contribution in [2.45, 2.75) is 12.7 Å². The highest BCUT2D eigenvalue weighted by molar-refractivity contribution is 6.00. The molecule has 0 bridgehead atoms. The van der Waals surface area contributed by atoms with E-state index in [1.54, 1.807) is 23.1 Å². The van der Waals surface area contributed by atoms with Gasteiger partial charge in [0.1, 0.15) is 5.56 Å². The van der Waals surface area contributed by atoms with Gasteiger partial charge < -0.3 is 14.4 Å². The van der Waals surface area contributed by atoms with Crippen LogP contribution in [0.4, 0.5) is 13.2 Å². The van der Waals surface area contributed by atoms with Gasteiger partial charge in [0.05, 0.1) is 11.9 Å². The summed E-state index contributed by atoms with van der Waals surface area (Å²) in [6.07, 6.45) is -3.54. The number of hydrogen-bond donors (Lipinski definition) is 0. The number of rotatable bonds is 4. The van der Waals surface area contributed by atoms with Crippen molar-refractivity contribution >= 4 is 11.6 Å². The van der Waals surface area contributed by atoms with Crippen LogP contribution in [0.2, 0.25) is 0 Å². The summed E-state index contributed by atoms with van der Waals surface area (Å²) in [5.74, 6) is 0.538. The van der Waals surface area contributed by atoms with Crippen LogP contribution in [0.15, 0.2) is 60.8 Å². The summed E-state index contributed by atoms with van der Waals surface area (Å²) in [4.78, 5) is 21.7. The fraction of sp³-hybridized carbons (Fsp3) is 0.269. The molecule has 190 valence electrons. The average Bonchev–Trinajstić information content (AvgIpc) is 3.55. The lowest BCUT2D eigenvalue weighted by Crippen LogP contribution is -2.48. The highest BCUT2D eigenvalue weighted by atomic mass is 19.4. The molecule has 2 aliphatic heterocycles. The van der Waals surface area contributed by atoms with Crippen molar-refractivity contribution in [3.63, 3.8) is 0 Å². The molecular formula is C26H22F3N5O3. The molecule has 8 nitrogen and oxygen atoms in total. The summed E-state index contributed by atoms with van der Waals surface area (Å²) >= 11 is 0. The number of aromatic nitrogens is 3. The second-order valence-electron chi connectivity index (χ2n) is 8.94. The van der Waals surface area contributed by atoms with Crippen LogP contribution in [-0.2, 0) is 12.7 Å². The number of hydrogen-bond acceptors (Lipinski definition) is 6. The first-order valence-corrected chi connectivity index (χ1v) is 11.8. The number of nitrogens with zero attached hydrogens (tertiary/aromatic N) is 5. The van der Waals surface area contributed by atoms with Crippen LogP contribution in [0.25, 0.3) is 16.9 Å². The predicted octanol–water partition coefficient (Wildman–Crippen LogP) is 4.10. The Labute approximate surface area is 209 Å². The van der Waals surface area contributed by atoms with Gasteiger partial charge in [-0.1, -0.05) is 30.3 Å². The number of carbonyl (C=O) groups is 1. The number of alkyl halides is 3. The van der Waals surface area contributed by atoms with Gasteiger partial charge in [-0.3, -0.25) is 9.69 Å². The SMILES string of the molecule is O=C(c1cnn2c(C(F)(F)F)cc(-c3ccc4c(c3)OCO4)nc12)N1CCN(Cc2ccccc2)CC1. The molecule has 2 aromatic heterocycles. The van der Waals surface area contributed by atoms with E-state index in [0.717, 1.165) is 12.6 Å². The van der Waals surface area contributed by atoms with Crippen molar-refractivity contribution < 1.29 is 27.4 Å². The number of amides is 1. The average molecular weight is 509 g/mol. The van der Waals surface area contributed by atoms with E-state index in [9.17, 15) is 18.0 Å². The molecule has 6 rings (SSSR count). The van der Waals surface area contributed by atoms with E-state index < -0.39 is 17.8 Å². The lowest BCUT2D eigenvalue weighted by atomic mass is 10.1. The van der Waals surface area contributed by atoms with E-state index in [4.69, 9.17) is 9.47 Å². The van der Waals surface area contributed by atoms with Crippen molar-refractivity contribution in [1.82, 2.24) is 24.4 Å². The molecule has 1 amide bonds. The largest absolute Gasteiger partial charge is 0.454 e. The van der Waals surface area contributed by atoms with Crippen molar-refractivity contribution in [2.24, 2.45) is 0 Å². The molecule has 37 heavy (non-hydrogen) atoms. The molecule has 1 fully saturated rings. The Hall–Kier alpha value is -4.12. The Kier molecular flexibility index (Phi) is 5.71. The maximum absolute atomic E-state index is 14.0. The maximum atomic E-state index is 14.0. The van der Waals surface area contributed by atoms with Gasteiger partial charge in [0.25, 0.3) is 5.91 Å². The number of carbonyl (C=O) groups excluding carboxylic acids is 1. The van der Waals surface area contributed by atoms with Crippen molar-refractivity contribution in [3.05, 3.63) is 77.6 Å². The van der Waals surface area contributed by atoms with Gasteiger partial charge in [0.2, 0.25) is 6.79 Å². The van der Waals surface area contributed by atoms with Gasteiger partial charge in [-0.15, -0.1) is 0 Å². The predicted molar refractivity (Wildman–Crippen MR) is 127 cm³/mol. The fourth-order valence-electron chi connectivity index (χ4n) is 4.64. The normalized spacial score (nSPS) is 15.9. The zero-order chi connectivity index (χ0) is 25.6. The topological polar surface area (TPSA) is 72.2 Å². The zero-order valence-electron chi connectivity index (χ0n) is 19.6. The summed E-state index contributed by atoms with van der Waals surface area (Å²) in [5, 5.41) is 3.90. The van der Waals surface area contributed by atoms with Crippen molar-refractivity contribution in [1.29, 1.82) is 0 Å². The molecule has 0 unspecified atom stereocenters. The molecule has 11 heteroatoms. The van der Waals surface area contributed by atoms with Crippen LogP contribution < -0.4 is 9.47 Å². The lowest BCUT2D eigenvalue weighted by Gasteiger charge is -2.34. The van der Waals surface area contributed by atoms with Crippen molar-refractivity contribution in [3.8, 4) is 22.8 Å². The summed E-state index contributed by atoms with van der Waals surface area (Å²) in [6, 6.07) is 15.8. The molecule has 0 spiro atoms. The molecule has 0 radical (unpaired) electrons. The number of piperazine rings is 1. The summed E-state index contributed by atoms with van der Waals surface area (Å²) in [6.45, 7) is 3.04. The Bertz CT molecular complexity index is 1460. The molecular weight excluding hydrogens is 487 g/mol. The highest BCUT2D eigenvalue weighted by Gasteiger charge is 2.36. The van der Waals surface area contributed by atoms with Crippen LogP contribution in [0.5, 0.6) is 11.5 Å². The molecule has 0 saturated carbocycles. The van der Waals surface area contributed by atoms with Gasteiger partial charge in [-0.25, -0.2) is 9.50 Å². The Morgan fingerprint density at radius 2 is 1.70 bits per heavy atom. The first-order valence-electron chi connectivity index (χ1n) is 11.8. The van der Waals surface area contributed by atoms with Gasteiger partial charge in [-0.05, 0) is 29.8 Å². The van der Waals surface area contributed by atoms with E-state index in [2.05, 4.69) is 27.1 Å². The fourth-order valence-corrected chi connectivity index (χ4v) is 4.64. The third-order valence-electron chi connectivity index (χ3n) is 6.57. The van der Waals surface area contributed by atoms with E-state index >= 15 is 0 Å². The first-order chi connectivity index (χ1) is 17.9. The van der Waals surface area contributed by atoms with Crippen LogP contribution >= 0.6 is 0 Å². The van der Waals surface area contributed by atoms with E-state index in [1.165, 1.54) is 11.8 Å². The van der Waals surface area contributed by atoms with Gasteiger partial charge in [0.15, 0.2) is 22.8 Å². The molecule has 1 saturated heterocycles. The molecule has 4 heterocycles. The quantitative estimate of drug-likeness (QED) is 0.413. The third-order valence-corrected chi connectivity index (χ3v) is 6.57. The third kappa shape index (κ3) is 4.46. The van der Waals surface area contributed by atoms with Crippen LogP contribution in [0.3, 0.4) is 0 Å². The van der Waals surface area contributed by atoms with E-state index in [0.29, 0.717) is 47.8 Å². The maximum Gasteiger partial charge on any atom is 0.433 e. The molecule has 0 atom stereocenters. The zero-order valence-corrected chi connectivity index (χ0v) is 19.6. The smallest absolute Gasteiger partial charge is 0.433 e. The van der Waals surface area contributed by atoms with E-state index in [-0.39, 0.29) is 23.7 Å². The molecule has 4 aromatic rings. The molecule has 2 aromatic carbocycles. The minimum Gasteiger partial charge on any atom is -0.454 e. The molecule has 2 aliphatic rings. The van der Waals surface area contributed by atoms with Gasteiger partial charge in [0, 0.05) is 38.3 Å². The van der Waals surface area contributed by atoms with Crippen LogP contribution in [0.1, 0.15) is 21.6 Å². The minimum atomic E-state index is -4.71. The highest BCUT2D eigenvalue weighted by Crippen LogP contribution is 2.37.